The third-order valence-electron chi connectivity index (χ3n) is 5.07. The van der Waals surface area contributed by atoms with Crippen LogP contribution in [0.5, 0.6) is 0 Å². The largest absolute Gasteiger partial charge is 0.384 e. The van der Waals surface area contributed by atoms with Crippen molar-refractivity contribution in [1.82, 2.24) is 9.21 Å². The molecular formula is C21H26N4O3S. The molecule has 0 saturated carbocycles. The van der Waals surface area contributed by atoms with E-state index in [0.717, 1.165) is 18.4 Å². The summed E-state index contributed by atoms with van der Waals surface area (Å²) in [6.07, 6.45) is 1.94. The van der Waals surface area contributed by atoms with Crippen molar-refractivity contribution in [2.24, 2.45) is 5.73 Å². The van der Waals surface area contributed by atoms with Gasteiger partial charge in [-0.3, -0.25) is 10.2 Å². The number of amides is 1. The maximum absolute atomic E-state index is 12.9. The predicted molar refractivity (Wildman–Crippen MR) is 113 cm³/mol. The maximum atomic E-state index is 12.9. The van der Waals surface area contributed by atoms with Gasteiger partial charge in [-0.25, -0.2) is 8.42 Å². The Balaban J connectivity index is 1.64. The molecule has 0 unspecified atom stereocenters. The summed E-state index contributed by atoms with van der Waals surface area (Å²) in [5, 5.41) is 7.41. The lowest BCUT2D eigenvalue weighted by atomic mass is 10.1. The Morgan fingerprint density at radius 3 is 2.03 bits per heavy atom. The van der Waals surface area contributed by atoms with Crippen molar-refractivity contribution in [2.45, 2.75) is 24.7 Å². The first-order chi connectivity index (χ1) is 13.8. The van der Waals surface area contributed by atoms with E-state index in [1.165, 1.54) is 4.31 Å². The SMILES string of the molecule is CCCc1ccc(S(=O)(=O)N2CCN(C(=O)c3ccc(C(=N)N)cc3)CC2)cc1. The summed E-state index contributed by atoms with van der Waals surface area (Å²) < 4.78 is 27.2. The van der Waals surface area contributed by atoms with E-state index in [2.05, 4.69) is 6.92 Å². The first-order valence-electron chi connectivity index (χ1n) is 9.65. The average molecular weight is 415 g/mol. The Kier molecular flexibility index (Phi) is 6.34. The molecule has 1 aliphatic rings. The normalized spacial score (nSPS) is 15.3. The molecule has 0 atom stereocenters. The van der Waals surface area contributed by atoms with Gasteiger partial charge in [0.1, 0.15) is 5.84 Å². The number of nitrogens with two attached hydrogens (primary N) is 1. The molecule has 1 amide bonds. The third kappa shape index (κ3) is 4.65. The van der Waals surface area contributed by atoms with E-state index in [4.69, 9.17) is 11.1 Å². The van der Waals surface area contributed by atoms with Crippen molar-refractivity contribution in [2.75, 3.05) is 26.2 Å². The van der Waals surface area contributed by atoms with E-state index in [-0.39, 0.29) is 29.7 Å². The molecule has 154 valence electrons. The number of sulfonamides is 1. The van der Waals surface area contributed by atoms with E-state index in [9.17, 15) is 13.2 Å². The summed E-state index contributed by atoms with van der Waals surface area (Å²) in [6.45, 7) is 3.27. The van der Waals surface area contributed by atoms with Crippen LogP contribution >= 0.6 is 0 Å². The Hall–Kier alpha value is -2.71. The fourth-order valence-corrected chi connectivity index (χ4v) is 4.79. The molecule has 0 bridgehead atoms. The summed E-state index contributed by atoms with van der Waals surface area (Å²) >= 11 is 0. The van der Waals surface area contributed by atoms with Crippen LogP contribution in [0.15, 0.2) is 53.4 Å². The molecule has 2 aromatic carbocycles. The monoisotopic (exact) mass is 414 g/mol. The lowest BCUT2D eigenvalue weighted by Crippen LogP contribution is -2.50. The topological polar surface area (TPSA) is 108 Å². The first kappa shape index (κ1) is 21.0. The summed E-state index contributed by atoms with van der Waals surface area (Å²) in [6, 6.07) is 13.6. The number of amidine groups is 1. The number of carbonyl (C=O) groups is 1. The number of hydrogen-bond acceptors (Lipinski definition) is 4. The van der Waals surface area contributed by atoms with Gasteiger partial charge in [-0.05, 0) is 36.2 Å². The van der Waals surface area contributed by atoms with E-state index in [1.807, 2.05) is 12.1 Å². The van der Waals surface area contributed by atoms with Gasteiger partial charge in [0.05, 0.1) is 4.90 Å². The second-order valence-electron chi connectivity index (χ2n) is 7.08. The number of nitrogen functional groups attached to an aromatic ring is 1. The molecule has 2 aromatic rings. The fraction of sp³-hybridized carbons (Fsp3) is 0.333. The van der Waals surface area contributed by atoms with Crippen LogP contribution in [0.4, 0.5) is 0 Å². The number of rotatable bonds is 6. The van der Waals surface area contributed by atoms with Gasteiger partial charge in [-0.1, -0.05) is 37.6 Å². The molecule has 1 fully saturated rings. The van der Waals surface area contributed by atoms with Gasteiger partial charge >= 0.3 is 0 Å². The number of nitrogens with zero attached hydrogens (tertiary/aromatic N) is 2. The van der Waals surface area contributed by atoms with E-state index < -0.39 is 10.0 Å². The minimum absolute atomic E-state index is 0.0504. The lowest BCUT2D eigenvalue weighted by Gasteiger charge is -2.34. The van der Waals surface area contributed by atoms with Crippen LogP contribution in [0.1, 0.15) is 34.8 Å². The van der Waals surface area contributed by atoms with Crippen LogP contribution in [0.25, 0.3) is 0 Å². The highest BCUT2D eigenvalue weighted by Crippen LogP contribution is 2.20. The predicted octanol–water partition coefficient (Wildman–Crippen LogP) is 2.07. The molecule has 0 aromatic heterocycles. The quantitative estimate of drug-likeness (QED) is 0.557. The van der Waals surface area contributed by atoms with Gasteiger partial charge in [0, 0.05) is 37.3 Å². The number of piperazine rings is 1. The van der Waals surface area contributed by atoms with Crippen LogP contribution in [-0.4, -0.2) is 55.5 Å². The Morgan fingerprint density at radius 2 is 1.52 bits per heavy atom. The Morgan fingerprint density at radius 1 is 0.966 bits per heavy atom. The molecule has 8 heteroatoms. The summed E-state index contributed by atoms with van der Waals surface area (Å²) in [5.74, 6) is -0.202. The van der Waals surface area contributed by atoms with Crippen molar-refractivity contribution in [1.29, 1.82) is 5.41 Å². The van der Waals surface area contributed by atoms with Crippen LogP contribution in [0.2, 0.25) is 0 Å². The molecule has 3 rings (SSSR count). The van der Waals surface area contributed by atoms with Crippen molar-refractivity contribution >= 4 is 21.8 Å². The Labute approximate surface area is 171 Å². The van der Waals surface area contributed by atoms with E-state index in [0.29, 0.717) is 24.2 Å². The molecule has 29 heavy (non-hydrogen) atoms. The van der Waals surface area contributed by atoms with Crippen molar-refractivity contribution in [3.63, 3.8) is 0 Å². The minimum Gasteiger partial charge on any atom is -0.384 e. The van der Waals surface area contributed by atoms with E-state index in [1.54, 1.807) is 41.3 Å². The van der Waals surface area contributed by atoms with Gasteiger partial charge < -0.3 is 10.6 Å². The molecular weight excluding hydrogens is 388 g/mol. The van der Waals surface area contributed by atoms with Crippen LogP contribution in [0, 0.1) is 5.41 Å². The maximum Gasteiger partial charge on any atom is 0.253 e. The molecule has 0 radical (unpaired) electrons. The first-order valence-corrected chi connectivity index (χ1v) is 11.1. The standard InChI is InChI=1S/C21H26N4O3S/c1-2-3-16-4-10-19(11-5-16)29(27,28)25-14-12-24(13-15-25)21(26)18-8-6-17(7-9-18)20(22)23/h4-11H,2-3,12-15H2,1H3,(H3,22,23). The lowest BCUT2D eigenvalue weighted by molar-refractivity contribution is 0.0698. The molecule has 1 heterocycles. The second kappa shape index (κ2) is 8.75. The van der Waals surface area contributed by atoms with Gasteiger partial charge in [-0.2, -0.15) is 4.31 Å². The van der Waals surface area contributed by atoms with Gasteiger partial charge in [0.15, 0.2) is 0 Å². The Bertz CT molecular complexity index is 978. The summed E-state index contributed by atoms with van der Waals surface area (Å²) in [5.41, 5.74) is 7.61. The zero-order valence-electron chi connectivity index (χ0n) is 16.5. The van der Waals surface area contributed by atoms with Crippen LogP contribution in [-0.2, 0) is 16.4 Å². The number of benzene rings is 2. The fourth-order valence-electron chi connectivity index (χ4n) is 3.37. The van der Waals surface area contributed by atoms with Crippen molar-refractivity contribution < 1.29 is 13.2 Å². The van der Waals surface area contributed by atoms with E-state index >= 15 is 0 Å². The zero-order chi connectivity index (χ0) is 21.0. The molecule has 0 aliphatic carbocycles. The zero-order valence-corrected chi connectivity index (χ0v) is 17.3. The van der Waals surface area contributed by atoms with Crippen molar-refractivity contribution in [3.05, 3.63) is 65.2 Å². The highest BCUT2D eigenvalue weighted by atomic mass is 32.2. The number of nitrogens with one attached hydrogen (secondary N) is 1. The van der Waals surface area contributed by atoms with Gasteiger partial charge in [-0.15, -0.1) is 0 Å². The molecule has 1 aliphatic heterocycles. The van der Waals surface area contributed by atoms with Crippen molar-refractivity contribution in [3.8, 4) is 0 Å². The summed E-state index contributed by atoms with van der Waals surface area (Å²) in [7, 11) is -3.56. The second-order valence-corrected chi connectivity index (χ2v) is 9.02. The van der Waals surface area contributed by atoms with Gasteiger partial charge in [0.25, 0.3) is 5.91 Å². The number of hydrogen-bond donors (Lipinski definition) is 2. The number of carbonyl (C=O) groups excluding carboxylic acids is 1. The average Bonchev–Trinajstić information content (AvgIpc) is 2.74. The smallest absolute Gasteiger partial charge is 0.253 e. The van der Waals surface area contributed by atoms with Crippen LogP contribution in [0.3, 0.4) is 0 Å². The molecule has 3 N–H and O–H groups in total. The minimum atomic E-state index is -3.56. The highest BCUT2D eigenvalue weighted by molar-refractivity contribution is 7.89. The number of aryl methyl sites for hydroxylation is 1. The third-order valence-corrected chi connectivity index (χ3v) is 6.98. The molecule has 0 spiro atoms. The molecule has 7 nitrogen and oxygen atoms in total. The van der Waals surface area contributed by atoms with Gasteiger partial charge in [0.2, 0.25) is 10.0 Å². The highest BCUT2D eigenvalue weighted by Gasteiger charge is 2.30. The molecule has 1 saturated heterocycles. The van der Waals surface area contributed by atoms with Crippen LogP contribution < -0.4 is 5.73 Å². The summed E-state index contributed by atoms with van der Waals surface area (Å²) in [4.78, 5) is 14.6.